The Labute approximate surface area is 258 Å². The fourth-order valence-electron chi connectivity index (χ4n) is 6.00. The number of nitrogens with zero attached hydrogens (tertiary/aromatic N) is 1. The molecule has 3 aromatic rings. The van der Waals surface area contributed by atoms with Crippen LogP contribution in [0.25, 0.3) is 11.1 Å². The lowest BCUT2D eigenvalue weighted by Crippen LogP contribution is -2.42. The number of esters is 1. The van der Waals surface area contributed by atoms with Gasteiger partial charge in [0.1, 0.15) is 0 Å². The molecule has 0 saturated carbocycles. The molecule has 234 valence electrons. The van der Waals surface area contributed by atoms with Gasteiger partial charge in [0.15, 0.2) is 12.4 Å². The molecule has 1 amide bonds. The summed E-state index contributed by atoms with van der Waals surface area (Å²) in [5.41, 5.74) is 5.68. The maximum atomic E-state index is 12.3. The fourth-order valence-corrected chi connectivity index (χ4v) is 6.00. The zero-order valence-electron chi connectivity index (χ0n) is 25.4. The minimum Gasteiger partial charge on any atom is -0.453 e. The van der Waals surface area contributed by atoms with E-state index in [4.69, 9.17) is 14.2 Å². The highest BCUT2D eigenvalue weighted by Crippen LogP contribution is 2.39. The average Bonchev–Trinajstić information content (AvgIpc) is 3.50. The van der Waals surface area contributed by atoms with E-state index in [1.807, 2.05) is 66.7 Å². The number of rotatable bonds is 11. The summed E-state index contributed by atoms with van der Waals surface area (Å²) in [6.07, 6.45) is 1.03. The van der Waals surface area contributed by atoms with E-state index in [1.165, 1.54) is 6.92 Å². The van der Waals surface area contributed by atoms with E-state index < -0.39 is 18.4 Å². The zero-order chi connectivity index (χ0) is 31.1. The molecule has 2 fully saturated rings. The van der Waals surface area contributed by atoms with Crippen LogP contribution in [-0.2, 0) is 37.0 Å². The molecule has 5 unspecified atom stereocenters. The molecule has 2 saturated heterocycles. The third-order valence-electron chi connectivity index (χ3n) is 8.36. The Kier molecular flexibility index (Phi) is 10.8. The predicted molar refractivity (Wildman–Crippen MR) is 165 cm³/mol. The molecular weight excluding hydrogens is 560 g/mol. The lowest BCUT2D eigenvalue weighted by atomic mass is 9.98. The fraction of sp³-hybridized carbons (Fsp3) is 0.429. The number of aliphatic hydroxyl groups excluding tert-OH is 2. The van der Waals surface area contributed by atoms with Gasteiger partial charge in [0.25, 0.3) is 5.91 Å². The number of hydrogen-bond acceptors (Lipinski definition) is 8. The number of carbonyl (C=O) groups is 2. The molecule has 3 aromatic carbocycles. The van der Waals surface area contributed by atoms with E-state index in [2.05, 4.69) is 16.3 Å². The molecule has 9 heteroatoms. The number of carbonyl (C=O) groups excluding carboxylic acids is 2. The smallest absolute Gasteiger partial charge is 0.303 e. The number of ether oxygens (including phenoxy) is 3. The second-order valence-corrected chi connectivity index (χ2v) is 11.6. The Hall–Kier alpha value is -3.60. The molecule has 5 rings (SSSR count). The summed E-state index contributed by atoms with van der Waals surface area (Å²) in [4.78, 5) is 25.8. The summed E-state index contributed by atoms with van der Waals surface area (Å²) >= 11 is 0. The molecule has 2 aliphatic rings. The van der Waals surface area contributed by atoms with Gasteiger partial charge in [-0.2, -0.15) is 0 Å². The summed E-state index contributed by atoms with van der Waals surface area (Å²) in [5.74, 6) is -0.850. The van der Waals surface area contributed by atoms with E-state index in [-0.39, 0.29) is 37.4 Å². The van der Waals surface area contributed by atoms with Gasteiger partial charge in [0, 0.05) is 38.0 Å². The van der Waals surface area contributed by atoms with Crippen LogP contribution in [0.15, 0.2) is 72.8 Å². The standard InChI is InChI=1S/C35H42N2O7/c1-23(42-24(2)40)34(41)36-19-26-6-3-7-28(16-26)29-8-4-9-30(17-29)35-43-32(20-37-15-5-10-31(37)22-39)18-33(44-35)27-13-11-25(21-38)12-14-27/h3-4,6-9,11-14,16-17,23,31-33,35,38-39H,5,10,15,18-22H2,1-2H3,(H,36,41). The lowest BCUT2D eigenvalue weighted by Gasteiger charge is -2.38. The van der Waals surface area contributed by atoms with Gasteiger partial charge >= 0.3 is 5.97 Å². The van der Waals surface area contributed by atoms with Crippen LogP contribution in [0.3, 0.4) is 0 Å². The van der Waals surface area contributed by atoms with Gasteiger partial charge in [-0.05, 0) is 66.3 Å². The molecule has 44 heavy (non-hydrogen) atoms. The van der Waals surface area contributed by atoms with Crippen molar-refractivity contribution in [3.8, 4) is 11.1 Å². The number of nitrogens with one attached hydrogen (secondary N) is 1. The maximum absolute atomic E-state index is 12.3. The molecule has 2 aliphatic heterocycles. The van der Waals surface area contributed by atoms with E-state index >= 15 is 0 Å². The minimum absolute atomic E-state index is 0.00849. The van der Waals surface area contributed by atoms with Crippen molar-refractivity contribution in [2.45, 2.75) is 76.9 Å². The van der Waals surface area contributed by atoms with Crippen LogP contribution >= 0.6 is 0 Å². The molecule has 0 spiro atoms. The molecule has 2 heterocycles. The van der Waals surface area contributed by atoms with Gasteiger partial charge < -0.3 is 29.7 Å². The molecule has 5 atom stereocenters. The van der Waals surface area contributed by atoms with Crippen molar-refractivity contribution >= 4 is 11.9 Å². The quantitative estimate of drug-likeness (QED) is 0.276. The van der Waals surface area contributed by atoms with Crippen molar-refractivity contribution in [1.82, 2.24) is 10.2 Å². The van der Waals surface area contributed by atoms with Gasteiger partial charge in [-0.3, -0.25) is 14.5 Å². The first kappa shape index (κ1) is 31.8. The van der Waals surface area contributed by atoms with Gasteiger partial charge in [-0.1, -0.05) is 60.7 Å². The molecule has 0 aliphatic carbocycles. The second-order valence-electron chi connectivity index (χ2n) is 11.6. The van der Waals surface area contributed by atoms with Gasteiger partial charge in [-0.15, -0.1) is 0 Å². The van der Waals surface area contributed by atoms with Crippen LogP contribution in [0.5, 0.6) is 0 Å². The average molecular weight is 603 g/mol. The number of hydrogen-bond donors (Lipinski definition) is 3. The molecule has 9 nitrogen and oxygen atoms in total. The summed E-state index contributed by atoms with van der Waals surface area (Å²) in [6, 6.07) is 24.1. The third kappa shape index (κ3) is 8.11. The van der Waals surface area contributed by atoms with Crippen molar-refractivity contribution < 1.29 is 34.0 Å². The van der Waals surface area contributed by atoms with Crippen LogP contribution < -0.4 is 5.32 Å². The monoisotopic (exact) mass is 602 g/mol. The number of likely N-dealkylation sites (tertiary alicyclic amines) is 1. The summed E-state index contributed by atoms with van der Waals surface area (Å²) in [7, 11) is 0. The van der Waals surface area contributed by atoms with Crippen LogP contribution in [0.1, 0.15) is 67.8 Å². The van der Waals surface area contributed by atoms with Crippen molar-refractivity contribution in [1.29, 1.82) is 0 Å². The summed E-state index contributed by atoms with van der Waals surface area (Å²) in [5, 5.41) is 22.2. The van der Waals surface area contributed by atoms with E-state index in [9.17, 15) is 19.8 Å². The van der Waals surface area contributed by atoms with Crippen molar-refractivity contribution in [3.63, 3.8) is 0 Å². The highest BCUT2D eigenvalue weighted by Gasteiger charge is 2.35. The zero-order valence-corrected chi connectivity index (χ0v) is 25.4. The number of aliphatic hydroxyl groups is 2. The Morgan fingerprint density at radius 1 is 0.977 bits per heavy atom. The predicted octanol–water partition coefficient (Wildman–Crippen LogP) is 4.42. The Bertz CT molecular complexity index is 1410. The Balaban J connectivity index is 1.33. The van der Waals surface area contributed by atoms with E-state index in [1.54, 1.807) is 6.92 Å². The highest BCUT2D eigenvalue weighted by molar-refractivity contribution is 5.82. The van der Waals surface area contributed by atoms with Gasteiger partial charge in [-0.25, -0.2) is 0 Å². The van der Waals surface area contributed by atoms with Crippen LogP contribution in [0.2, 0.25) is 0 Å². The van der Waals surface area contributed by atoms with Crippen molar-refractivity contribution in [2.75, 3.05) is 19.7 Å². The van der Waals surface area contributed by atoms with Crippen LogP contribution in [0.4, 0.5) is 0 Å². The number of amides is 1. The maximum Gasteiger partial charge on any atom is 0.303 e. The van der Waals surface area contributed by atoms with E-state index in [0.29, 0.717) is 13.0 Å². The topological polar surface area (TPSA) is 118 Å². The van der Waals surface area contributed by atoms with Crippen LogP contribution in [-0.4, -0.2) is 64.9 Å². The SMILES string of the molecule is CC(=O)OC(C)C(=O)NCc1cccc(-c2cccc(C3OC(CN4CCCC4CO)CC(c4ccc(CO)cc4)O3)c2)c1. The van der Waals surface area contributed by atoms with Crippen molar-refractivity contribution in [3.05, 3.63) is 95.1 Å². The van der Waals surface area contributed by atoms with Crippen molar-refractivity contribution in [2.24, 2.45) is 0 Å². The van der Waals surface area contributed by atoms with Gasteiger partial charge in [0.05, 0.1) is 25.4 Å². The summed E-state index contributed by atoms with van der Waals surface area (Å²) in [6.45, 7) is 4.93. The van der Waals surface area contributed by atoms with E-state index in [0.717, 1.165) is 59.3 Å². The molecule has 0 bridgehead atoms. The second kappa shape index (κ2) is 14.9. The lowest BCUT2D eigenvalue weighted by molar-refractivity contribution is -0.253. The molecular formula is C35H42N2O7. The first-order chi connectivity index (χ1) is 21.3. The Morgan fingerprint density at radius 3 is 2.45 bits per heavy atom. The highest BCUT2D eigenvalue weighted by atomic mass is 16.7. The van der Waals surface area contributed by atoms with Crippen LogP contribution in [0, 0.1) is 0 Å². The first-order valence-corrected chi connectivity index (χ1v) is 15.3. The number of benzene rings is 3. The summed E-state index contributed by atoms with van der Waals surface area (Å²) < 4.78 is 18.1. The Morgan fingerprint density at radius 2 is 1.73 bits per heavy atom. The minimum atomic E-state index is -0.858. The third-order valence-corrected chi connectivity index (χ3v) is 8.36. The normalized spacial score (nSPS) is 22.8. The first-order valence-electron chi connectivity index (χ1n) is 15.3. The molecule has 0 radical (unpaired) electrons. The molecule has 3 N–H and O–H groups in total. The molecule has 0 aromatic heterocycles. The van der Waals surface area contributed by atoms with Gasteiger partial charge in [0.2, 0.25) is 0 Å². The largest absolute Gasteiger partial charge is 0.453 e.